The Morgan fingerprint density at radius 3 is 2.94 bits per heavy atom. The van der Waals surface area contributed by atoms with E-state index in [1.165, 1.54) is 6.07 Å². The van der Waals surface area contributed by atoms with Gasteiger partial charge in [-0.3, -0.25) is 10.1 Å². The third kappa shape index (κ3) is 2.92. The van der Waals surface area contributed by atoms with Gasteiger partial charge in [0.25, 0.3) is 5.69 Å². The largest absolute Gasteiger partial charge is 0.337 e. The Balaban J connectivity index is 1.92. The fourth-order valence-corrected chi connectivity index (χ4v) is 1.67. The van der Waals surface area contributed by atoms with Crippen LogP contribution >= 0.6 is 0 Å². The molecule has 2 aromatic rings. The number of hydrogen-bond acceptors (Lipinski definition) is 4. The van der Waals surface area contributed by atoms with Crippen LogP contribution in [0.4, 0.5) is 5.69 Å². The molecule has 0 fully saturated rings. The van der Waals surface area contributed by atoms with Crippen molar-refractivity contribution in [2.75, 3.05) is 0 Å². The second-order valence-electron chi connectivity index (χ2n) is 3.98. The van der Waals surface area contributed by atoms with Crippen LogP contribution in [0.15, 0.2) is 36.7 Å². The van der Waals surface area contributed by atoms with E-state index in [1.54, 1.807) is 18.3 Å². The Kier molecular flexibility index (Phi) is 3.69. The number of nitrogens with zero attached hydrogens (tertiary/aromatic N) is 3. The third-order valence-electron chi connectivity index (χ3n) is 2.65. The van der Waals surface area contributed by atoms with Crippen LogP contribution in [0, 0.1) is 10.1 Å². The molecular formula is C12H14N4O2. The van der Waals surface area contributed by atoms with Gasteiger partial charge in [-0.25, -0.2) is 4.98 Å². The molecular weight excluding hydrogens is 232 g/mol. The molecule has 0 aliphatic heterocycles. The molecule has 0 amide bonds. The van der Waals surface area contributed by atoms with Gasteiger partial charge in [-0.05, 0) is 5.56 Å². The molecule has 0 unspecified atom stereocenters. The van der Waals surface area contributed by atoms with E-state index >= 15 is 0 Å². The van der Waals surface area contributed by atoms with Gasteiger partial charge in [-0.2, -0.15) is 0 Å². The molecule has 18 heavy (non-hydrogen) atoms. The van der Waals surface area contributed by atoms with Gasteiger partial charge in [-0.1, -0.05) is 12.1 Å². The minimum atomic E-state index is -0.387. The first-order chi connectivity index (χ1) is 8.66. The van der Waals surface area contributed by atoms with Gasteiger partial charge < -0.3 is 9.88 Å². The Morgan fingerprint density at radius 1 is 1.44 bits per heavy atom. The number of aromatic nitrogens is 2. The molecule has 6 nitrogen and oxygen atoms in total. The molecule has 0 aliphatic carbocycles. The number of rotatable bonds is 5. The Bertz CT molecular complexity index is 551. The molecule has 1 N–H and O–H groups in total. The maximum atomic E-state index is 10.6. The molecule has 94 valence electrons. The van der Waals surface area contributed by atoms with Crippen LogP contribution in [-0.2, 0) is 20.1 Å². The lowest BCUT2D eigenvalue weighted by Gasteiger charge is -2.05. The maximum Gasteiger partial charge on any atom is 0.269 e. The van der Waals surface area contributed by atoms with Crippen molar-refractivity contribution in [1.29, 1.82) is 0 Å². The Labute approximate surface area is 104 Å². The van der Waals surface area contributed by atoms with E-state index in [1.807, 2.05) is 23.9 Å². The van der Waals surface area contributed by atoms with Gasteiger partial charge in [0.2, 0.25) is 0 Å². The summed E-state index contributed by atoms with van der Waals surface area (Å²) >= 11 is 0. The third-order valence-corrected chi connectivity index (χ3v) is 2.65. The normalized spacial score (nSPS) is 10.5. The Morgan fingerprint density at radius 2 is 2.28 bits per heavy atom. The van der Waals surface area contributed by atoms with E-state index in [2.05, 4.69) is 10.3 Å². The fourth-order valence-electron chi connectivity index (χ4n) is 1.67. The second-order valence-corrected chi connectivity index (χ2v) is 3.98. The van der Waals surface area contributed by atoms with E-state index in [-0.39, 0.29) is 10.6 Å². The van der Waals surface area contributed by atoms with E-state index in [0.717, 1.165) is 11.4 Å². The average molecular weight is 246 g/mol. The van der Waals surface area contributed by atoms with Crippen molar-refractivity contribution in [3.8, 4) is 0 Å². The summed E-state index contributed by atoms with van der Waals surface area (Å²) in [6, 6.07) is 6.61. The van der Waals surface area contributed by atoms with Crippen LogP contribution in [0.5, 0.6) is 0 Å². The monoisotopic (exact) mass is 246 g/mol. The molecule has 0 radical (unpaired) electrons. The highest BCUT2D eigenvalue weighted by atomic mass is 16.6. The first kappa shape index (κ1) is 12.3. The Hall–Kier alpha value is -2.21. The zero-order valence-electron chi connectivity index (χ0n) is 10.0. The van der Waals surface area contributed by atoms with Crippen molar-refractivity contribution in [1.82, 2.24) is 14.9 Å². The summed E-state index contributed by atoms with van der Waals surface area (Å²) in [5, 5.41) is 13.8. The number of nitro groups is 1. The first-order valence-corrected chi connectivity index (χ1v) is 5.57. The lowest BCUT2D eigenvalue weighted by Crippen LogP contribution is -2.15. The van der Waals surface area contributed by atoms with Crippen molar-refractivity contribution >= 4 is 5.69 Å². The van der Waals surface area contributed by atoms with Crippen molar-refractivity contribution in [3.63, 3.8) is 0 Å². The van der Waals surface area contributed by atoms with Crippen LogP contribution < -0.4 is 5.32 Å². The van der Waals surface area contributed by atoms with Gasteiger partial charge in [0.15, 0.2) is 0 Å². The first-order valence-electron chi connectivity index (χ1n) is 5.57. The van der Waals surface area contributed by atoms with Crippen LogP contribution in [-0.4, -0.2) is 14.5 Å². The molecule has 1 heterocycles. The summed E-state index contributed by atoms with van der Waals surface area (Å²) in [5.74, 6) is 0.931. The van der Waals surface area contributed by atoms with Crippen molar-refractivity contribution in [2.45, 2.75) is 13.1 Å². The fraction of sp³-hybridized carbons (Fsp3) is 0.250. The molecule has 0 saturated carbocycles. The summed E-state index contributed by atoms with van der Waals surface area (Å²) in [7, 11) is 1.93. The van der Waals surface area contributed by atoms with Crippen molar-refractivity contribution in [2.24, 2.45) is 7.05 Å². The van der Waals surface area contributed by atoms with E-state index in [4.69, 9.17) is 0 Å². The average Bonchev–Trinajstić information content (AvgIpc) is 2.76. The smallest absolute Gasteiger partial charge is 0.269 e. The number of benzene rings is 1. The highest BCUT2D eigenvalue weighted by Gasteiger charge is 2.05. The molecule has 0 bridgehead atoms. The maximum absolute atomic E-state index is 10.6. The molecule has 0 saturated heterocycles. The van der Waals surface area contributed by atoms with Crippen molar-refractivity contribution < 1.29 is 4.92 Å². The molecule has 1 aromatic carbocycles. The minimum absolute atomic E-state index is 0.117. The summed E-state index contributed by atoms with van der Waals surface area (Å²) in [6.07, 6.45) is 3.62. The van der Waals surface area contributed by atoms with Crippen LogP contribution in [0.3, 0.4) is 0 Å². The van der Waals surface area contributed by atoms with Crippen LogP contribution in [0.2, 0.25) is 0 Å². The number of non-ortho nitro benzene ring substituents is 1. The second kappa shape index (κ2) is 5.42. The molecule has 1 aromatic heterocycles. The highest BCUT2D eigenvalue weighted by molar-refractivity contribution is 5.34. The number of imidazole rings is 1. The van der Waals surface area contributed by atoms with E-state index in [9.17, 15) is 10.1 Å². The van der Waals surface area contributed by atoms with Gasteiger partial charge in [0.1, 0.15) is 5.82 Å². The van der Waals surface area contributed by atoms with E-state index in [0.29, 0.717) is 13.1 Å². The number of hydrogen-bond donors (Lipinski definition) is 1. The lowest BCUT2D eigenvalue weighted by atomic mass is 10.2. The van der Waals surface area contributed by atoms with Gasteiger partial charge >= 0.3 is 0 Å². The predicted molar refractivity (Wildman–Crippen MR) is 66.8 cm³/mol. The predicted octanol–water partition coefficient (Wildman–Crippen LogP) is 1.62. The SMILES string of the molecule is Cn1ccnc1CNCc1cccc([N+](=O)[O-])c1. The highest BCUT2D eigenvalue weighted by Crippen LogP contribution is 2.12. The topological polar surface area (TPSA) is 73.0 Å². The molecule has 2 rings (SSSR count). The van der Waals surface area contributed by atoms with Gasteiger partial charge in [0, 0.05) is 38.1 Å². The summed E-state index contributed by atoms with van der Waals surface area (Å²) in [5.41, 5.74) is 1.00. The van der Waals surface area contributed by atoms with Gasteiger partial charge in [0.05, 0.1) is 11.5 Å². The zero-order chi connectivity index (χ0) is 13.0. The standard InChI is InChI=1S/C12H14N4O2/c1-15-6-5-14-12(15)9-13-8-10-3-2-4-11(7-10)16(17)18/h2-7,13H,8-9H2,1H3. The van der Waals surface area contributed by atoms with E-state index < -0.39 is 0 Å². The number of aryl methyl sites for hydroxylation is 1. The molecule has 0 aliphatic rings. The molecule has 0 spiro atoms. The van der Waals surface area contributed by atoms with Gasteiger partial charge in [-0.15, -0.1) is 0 Å². The molecule has 6 heteroatoms. The number of nitrogens with one attached hydrogen (secondary N) is 1. The summed E-state index contributed by atoms with van der Waals surface area (Å²) in [6.45, 7) is 1.21. The number of nitro benzene ring substituents is 1. The van der Waals surface area contributed by atoms with Crippen LogP contribution in [0.25, 0.3) is 0 Å². The quantitative estimate of drug-likeness (QED) is 0.642. The summed E-state index contributed by atoms with van der Waals surface area (Å²) in [4.78, 5) is 14.4. The lowest BCUT2D eigenvalue weighted by molar-refractivity contribution is -0.384. The zero-order valence-corrected chi connectivity index (χ0v) is 10.0. The minimum Gasteiger partial charge on any atom is -0.337 e. The van der Waals surface area contributed by atoms with Crippen LogP contribution in [0.1, 0.15) is 11.4 Å². The van der Waals surface area contributed by atoms with Crippen molar-refractivity contribution in [3.05, 3.63) is 58.2 Å². The molecule has 0 atom stereocenters. The summed E-state index contributed by atoms with van der Waals surface area (Å²) < 4.78 is 1.93.